The fourth-order valence-electron chi connectivity index (χ4n) is 6.29. The first-order valence-corrected chi connectivity index (χ1v) is 13.5. The number of benzene rings is 2. The zero-order valence-corrected chi connectivity index (χ0v) is 21.9. The Balaban J connectivity index is 1.40. The molecular weight excluding hydrogens is 470 g/mol. The minimum atomic E-state index is -0.844. The molecule has 2 aromatic rings. The summed E-state index contributed by atoms with van der Waals surface area (Å²) < 4.78 is 19.3. The number of nitrogens with zero attached hydrogens (tertiary/aromatic N) is 1. The van der Waals surface area contributed by atoms with E-state index in [1.165, 1.54) is 5.56 Å². The maximum Gasteiger partial charge on any atom is 0.303 e. The molecule has 7 nitrogen and oxygen atoms in total. The number of fused-ring (bicyclic) bond motifs is 4. The average Bonchev–Trinajstić information content (AvgIpc) is 2.91. The predicted octanol–water partition coefficient (Wildman–Crippen LogP) is 5.27. The minimum Gasteiger partial charge on any atom is -0.490 e. The highest BCUT2D eigenvalue weighted by atomic mass is 16.5. The van der Waals surface area contributed by atoms with Gasteiger partial charge in [0.2, 0.25) is 0 Å². The van der Waals surface area contributed by atoms with E-state index < -0.39 is 11.6 Å². The number of ether oxygens (including phenoxy) is 3. The largest absolute Gasteiger partial charge is 0.490 e. The van der Waals surface area contributed by atoms with Crippen LogP contribution in [-0.4, -0.2) is 53.3 Å². The number of carbonyl (C=O) groups is 2. The highest BCUT2D eigenvalue weighted by Crippen LogP contribution is 2.56. The van der Waals surface area contributed by atoms with Crippen LogP contribution in [0, 0.1) is 11.8 Å². The van der Waals surface area contributed by atoms with Gasteiger partial charge in [-0.25, -0.2) is 0 Å². The van der Waals surface area contributed by atoms with E-state index in [2.05, 4.69) is 6.92 Å². The summed E-state index contributed by atoms with van der Waals surface area (Å²) in [5.41, 5.74) is 2.18. The number of piperidine rings is 1. The molecule has 2 aromatic carbocycles. The van der Waals surface area contributed by atoms with Crippen molar-refractivity contribution in [1.29, 1.82) is 0 Å². The highest BCUT2D eigenvalue weighted by Gasteiger charge is 2.54. The molecule has 2 saturated heterocycles. The Labute approximate surface area is 218 Å². The van der Waals surface area contributed by atoms with Crippen LogP contribution in [0.25, 0.3) is 0 Å². The molecule has 3 aliphatic rings. The molecular formula is C30H37NO6. The van der Waals surface area contributed by atoms with E-state index in [1.807, 2.05) is 61.2 Å². The lowest BCUT2D eigenvalue weighted by Crippen LogP contribution is -2.57. The number of carboxylic acids is 1. The van der Waals surface area contributed by atoms with E-state index in [0.29, 0.717) is 37.6 Å². The number of amides is 1. The van der Waals surface area contributed by atoms with Gasteiger partial charge in [-0.2, -0.15) is 0 Å². The maximum absolute atomic E-state index is 13.3. The van der Waals surface area contributed by atoms with Gasteiger partial charge in [0.25, 0.3) is 5.91 Å². The van der Waals surface area contributed by atoms with Crippen LogP contribution in [0.4, 0.5) is 0 Å². The number of carboxylic acid groups (broad SMARTS) is 1. The molecule has 7 heteroatoms. The quantitative estimate of drug-likeness (QED) is 0.549. The summed E-state index contributed by atoms with van der Waals surface area (Å²) in [5, 5.41) is 9.46. The Morgan fingerprint density at radius 3 is 2.65 bits per heavy atom. The molecule has 0 aliphatic carbocycles. The normalized spacial score (nSPS) is 28.4. The number of para-hydroxylation sites is 1. The predicted molar refractivity (Wildman–Crippen MR) is 139 cm³/mol. The lowest BCUT2D eigenvalue weighted by atomic mass is 9.68. The van der Waals surface area contributed by atoms with Crippen molar-refractivity contribution in [2.75, 3.05) is 19.7 Å². The van der Waals surface area contributed by atoms with E-state index in [9.17, 15) is 14.7 Å². The summed E-state index contributed by atoms with van der Waals surface area (Å²) in [6.45, 7) is 7.84. The summed E-state index contributed by atoms with van der Waals surface area (Å²) in [7, 11) is 0. The van der Waals surface area contributed by atoms with Gasteiger partial charge in [-0.3, -0.25) is 9.59 Å². The molecule has 1 N–H and O–H groups in total. The molecule has 5 rings (SSSR count). The van der Waals surface area contributed by atoms with Gasteiger partial charge in [-0.15, -0.1) is 0 Å². The van der Waals surface area contributed by atoms with Crippen LogP contribution >= 0.6 is 0 Å². The molecule has 0 radical (unpaired) electrons. The molecule has 1 amide bonds. The molecule has 2 fully saturated rings. The van der Waals surface area contributed by atoms with Crippen LogP contribution < -0.4 is 9.47 Å². The van der Waals surface area contributed by atoms with Gasteiger partial charge in [-0.05, 0) is 63.3 Å². The second-order valence-electron chi connectivity index (χ2n) is 10.7. The van der Waals surface area contributed by atoms with Gasteiger partial charge in [-0.1, -0.05) is 31.2 Å². The van der Waals surface area contributed by atoms with Crippen molar-refractivity contribution in [2.45, 2.75) is 70.7 Å². The topological polar surface area (TPSA) is 85.3 Å². The first-order chi connectivity index (χ1) is 17.8. The number of aliphatic carboxylic acids is 1. The average molecular weight is 508 g/mol. The summed E-state index contributed by atoms with van der Waals surface area (Å²) in [6.07, 6.45) is 2.75. The Hall–Kier alpha value is -3.06. The number of rotatable bonds is 7. The molecule has 3 heterocycles. The Bertz CT molecular complexity index is 1150. The molecule has 0 unspecified atom stereocenters. The number of hydrogen-bond acceptors (Lipinski definition) is 5. The molecule has 37 heavy (non-hydrogen) atoms. The van der Waals surface area contributed by atoms with Crippen LogP contribution in [0.5, 0.6) is 11.5 Å². The van der Waals surface area contributed by atoms with Crippen LogP contribution in [0.1, 0.15) is 74.0 Å². The van der Waals surface area contributed by atoms with Gasteiger partial charge >= 0.3 is 5.97 Å². The number of carbonyl (C=O) groups excluding carboxylic acids is 1. The van der Waals surface area contributed by atoms with Gasteiger partial charge in [0.05, 0.1) is 18.8 Å². The fourth-order valence-corrected chi connectivity index (χ4v) is 6.29. The van der Waals surface area contributed by atoms with Crippen LogP contribution in [0.3, 0.4) is 0 Å². The smallest absolute Gasteiger partial charge is 0.303 e. The number of aryl methyl sites for hydroxylation is 1. The van der Waals surface area contributed by atoms with Crippen molar-refractivity contribution in [3.8, 4) is 11.5 Å². The summed E-state index contributed by atoms with van der Waals surface area (Å²) >= 11 is 0. The highest BCUT2D eigenvalue weighted by molar-refractivity contribution is 5.94. The van der Waals surface area contributed by atoms with E-state index in [-0.39, 0.29) is 36.4 Å². The Morgan fingerprint density at radius 1 is 1.16 bits per heavy atom. The third-order valence-corrected chi connectivity index (χ3v) is 8.37. The first-order valence-electron chi connectivity index (χ1n) is 13.5. The minimum absolute atomic E-state index is 0.0122. The van der Waals surface area contributed by atoms with Crippen molar-refractivity contribution in [2.24, 2.45) is 11.8 Å². The van der Waals surface area contributed by atoms with Gasteiger partial charge in [0.15, 0.2) is 11.5 Å². The molecule has 0 spiro atoms. The molecule has 0 saturated carbocycles. The van der Waals surface area contributed by atoms with E-state index in [1.54, 1.807) is 0 Å². The monoisotopic (exact) mass is 507 g/mol. The number of likely N-dealkylation sites (tertiary alicyclic amines) is 1. The van der Waals surface area contributed by atoms with Crippen LogP contribution in [-0.2, 0) is 16.0 Å². The summed E-state index contributed by atoms with van der Waals surface area (Å²) in [5.74, 6) is 0.682. The molecule has 3 aliphatic heterocycles. The van der Waals surface area contributed by atoms with Crippen molar-refractivity contribution >= 4 is 11.9 Å². The Morgan fingerprint density at radius 2 is 1.95 bits per heavy atom. The van der Waals surface area contributed by atoms with Crippen molar-refractivity contribution in [3.63, 3.8) is 0 Å². The standard InChI is InChI=1S/C30H37NO6/c1-4-19-9-11-20(12-10-19)29(34)31-16-14-24-21(18-31)17-23-27(36-24)22-7-6-8-25(35-5-2)28(22)37-30(23,3)15-13-26(32)33/h6-12,21,23-24,27H,4-5,13-18H2,1-3H3,(H,32,33)/t21-,23-,24-,27+,30+/m1/s1. The Kier molecular flexibility index (Phi) is 7.17. The van der Waals surface area contributed by atoms with E-state index >= 15 is 0 Å². The third kappa shape index (κ3) is 4.93. The van der Waals surface area contributed by atoms with Gasteiger partial charge < -0.3 is 24.2 Å². The second kappa shape index (κ2) is 10.4. The third-order valence-electron chi connectivity index (χ3n) is 8.37. The summed E-state index contributed by atoms with van der Waals surface area (Å²) in [6, 6.07) is 13.8. The zero-order chi connectivity index (χ0) is 26.2. The first kappa shape index (κ1) is 25.6. The van der Waals surface area contributed by atoms with Crippen molar-refractivity contribution < 1.29 is 28.9 Å². The molecule has 198 valence electrons. The van der Waals surface area contributed by atoms with Crippen molar-refractivity contribution in [1.82, 2.24) is 4.90 Å². The molecule has 5 atom stereocenters. The lowest BCUT2D eigenvalue weighted by molar-refractivity contribution is -0.191. The van der Waals surface area contributed by atoms with Gasteiger partial charge in [0, 0.05) is 42.5 Å². The maximum atomic E-state index is 13.3. The summed E-state index contributed by atoms with van der Waals surface area (Å²) in [4.78, 5) is 26.8. The fraction of sp³-hybridized carbons (Fsp3) is 0.533. The SMILES string of the molecule is CCOc1cccc2c1O[C@@](C)(CCC(=O)O)[C@@H]1C[C@@H]3CN(C(=O)c4ccc(CC)cc4)CC[C@H]3O[C@@H]21. The second-order valence-corrected chi connectivity index (χ2v) is 10.7. The molecule has 0 aromatic heterocycles. The van der Waals surface area contributed by atoms with Crippen LogP contribution in [0.2, 0.25) is 0 Å². The van der Waals surface area contributed by atoms with Crippen LogP contribution in [0.15, 0.2) is 42.5 Å². The number of hydrogen-bond donors (Lipinski definition) is 1. The van der Waals surface area contributed by atoms with Gasteiger partial charge in [0.1, 0.15) is 5.60 Å². The van der Waals surface area contributed by atoms with E-state index in [4.69, 9.17) is 14.2 Å². The zero-order valence-electron chi connectivity index (χ0n) is 21.9. The van der Waals surface area contributed by atoms with E-state index in [0.717, 1.165) is 30.4 Å². The molecule has 0 bridgehead atoms. The lowest BCUT2D eigenvalue weighted by Gasteiger charge is -2.54. The van der Waals surface area contributed by atoms with Crippen molar-refractivity contribution in [3.05, 3.63) is 59.2 Å².